The maximum atomic E-state index is 11.4. The third kappa shape index (κ3) is 2.69. The highest BCUT2D eigenvalue weighted by atomic mass is 16.5. The molecule has 88 valence electrons. The minimum absolute atomic E-state index is 0.366. The Morgan fingerprint density at radius 3 is 2.60 bits per heavy atom. The summed E-state index contributed by atoms with van der Waals surface area (Å²) in [5.41, 5.74) is -1.38. The molecule has 0 spiro atoms. The van der Waals surface area contributed by atoms with E-state index in [9.17, 15) is 9.90 Å². The van der Waals surface area contributed by atoms with Crippen LogP contribution in [0.2, 0.25) is 0 Å². The first-order valence-electron chi connectivity index (χ1n) is 5.25. The highest BCUT2D eigenvalue weighted by Crippen LogP contribution is 2.37. The fourth-order valence-corrected chi connectivity index (χ4v) is 2.15. The number of aliphatic hydroxyl groups is 1. The van der Waals surface area contributed by atoms with Crippen LogP contribution in [0.5, 0.6) is 0 Å². The number of carbonyl (C=O) groups excluding carboxylic acids is 1. The normalized spacial score (nSPS) is 32.1. The molecule has 1 heterocycles. The molecule has 4 nitrogen and oxygen atoms in total. The third-order valence-corrected chi connectivity index (χ3v) is 3.12. The summed E-state index contributed by atoms with van der Waals surface area (Å²) in [6.07, 6.45) is 0.933. The molecule has 0 bridgehead atoms. The number of methoxy groups -OCH3 is 1. The van der Waals surface area contributed by atoms with Gasteiger partial charge in [0.2, 0.25) is 0 Å². The van der Waals surface area contributed by atoms with E-state index in [0.29, 0.717) is 19.4 Å². The second-order valence-electron chi connectivity index (χ2n) is 4.88. The molecule has 2 atom stereocenters. The van der Waals surface area contributed by atoms with Crippen molar-refractivity contribution in [1.29, 1.82) is 0 Å². The molecule has 0 saturated carbocycles. The zero-order chi connectivity index (χ0) is 11.7. The predicted molar refractivity (Wildman–Crippen MR) is 55.4 cm³/mol. The number of rotatable bonds is 2. The smallest absolute Gasteiger partial charge is 0.311 e. The average molecular weight is 216 g/mol. The molecular weight excluding hydrogens is 196 g/mol. The first-order valence-corrected chi connectivity index (χ1v) is 5.25. The predicted octanol–water partition coefficient (Wildman–Crippen LogP) is 1.12. The van der Waals surface area contributed by atoms with Crippen LogP contribution in [0.4, 0.5) is 0 Å². The van der Waals surface area contributed by atoms with E-state index in [0.717, 1.165) is 0 Å². The number of esters is 1. The van der Waals surface area contributed by atoms with Gasteiger partial charge in [0.25, 0.3) is 0 Å². The van der Waals surface area contributed by atoms with Crippen LogP contribution in [-0.2, 0) is 14.3 Å². The van der Waals surface area contributed by atoms with Crippen LogP contribution in [-0.4, -0.2) is 36.0 Å². The lowest BCUT2D eigenvalue weighted by molar-refractivity contribution is -0.181. The molecule has 1 N–H and O–H groups in total. The van der Waals surface area contributed by atoms with E-state index in [1.54, 1.807) is 6.92 Å². The van der Waals surface area contributed by atoms with Gasteiger partial charge < -0.3 is 14.6 Å². The molecule has 0 aromatic heterocycles. The zero-order valence-electron chi connectivity index (χ0n) is 9.87. The van der Waals surface area contributed by atoms with Crippen molar-refractivity contribution in [2.75, 3.05) is 13.7 Å². The lowest BCUT2D eigenvalue weighted by atomic mass is 9.76. The minimum atomic E-state index is -1.01. The minimum Gasteiger partial charge on any atom is -0.469 e. The van der Waals surface area contributed by atoms with Gasteiger partial charge in [-0.05, 0) is 20.8 Å². The van der Waals surface area contributed by atoms with E-state index in [1.165, 1.54) is 7.11 Å². The second-order valence-corrected chi connectivity index (χ2v) is 4.88. The summed E-state index contributed by atoms with van der Waals surface area (Å²) in [5, 5.41) is 10.4. The van der Waals surface area contributed by atoms with E-state index in [-0.39, 0.29) is 11.6 Å². The number of hydrogen-bond donors (Lipinski definition) is 1. The van der Waals surface area contributed by atoms with Crippen molar-refractivity contribution >= 4 is 5.97 Å². The SMILES string of the molecule is COC(=O)C(C)C1(O)CCOC(C)(C)C1. The monoisotopic (exact) mass is 216 g/mol. The van der Waals surface area contributed by atoms with Gasteiger partial charge in [-0.15, -0.1) is 0 Å². The lowest BCUT2D eigenvalue weighted by Crippen LogP contribution is -2.51. The van der Waals surface area contributed by atoms with Gasteiger partial charge in [-0.1, -0.05) is 0 Å². The Labute approximate surface area is 90.6 Å². The third-order valence-electron chi connectivity index (χ3n) is 3.12. The van der Waals surface area contributed by atoms with E-state index in [4.69, 9.17) is 4.74 Å². The Morgan fingerprint density at radius 2 is 2.13 bits per heavy atom. The molecular formula is C11H20O4. The summed E-state index contributed by atoms with van der Waals surface area (Å²) in [4.78, 5) is 11.4. The van der Waals surface area contributed by atoms with Gasteiger partial charge in [0.15, 0.2) is 0 Å². The van der Waals surface area contributed by atoms with Crippen molar-refractivity contribution in [3.63, 3.8) is 0 Å². The molecule has 2 unspecified atom stereocenters. The Hall–Kier alpha value is -0.610. The van der Waals surface area contributed by atoms with Gasteiger partial charge in [-0.2, -0.15) is 0 Å². The van der Waals surface area contributed by atoms with Gasteiger partial charge in [0.05, 0.1) is 30.8 Å². The maximum Gasteiger partial charge on any atom is 0.311 e. The largest absolute Gasteiger partial charge is 0.469 e. The number of ether oxygens (including phenoxy) is 2. The molecule has 1 aliphatic rings. The molecule has 0 amide bonds. The lowest BCUT2D eigenvalue weighted by Gasteiger charge is -2.43. The molecule has 1 fully saturated rings. The van der Waals surface area contributed by atoms with Crippen molar-refractivity contribution in [2.24, 2.45) is 5.92 Å². The summed E-state index contributed by atoms with van der Waals surface area (Å²) >= 11 is 0. The van der Waals surface area contributed by atoms with Gasteiger partial charge in [0.1, 0.15) is 0 Å². The van der Waals surface area contributed by atoms with E-state index >= 15 is 0 Å². The molecule has 0 aromatic rings. The summed E-state index contributed by atoms with van der Waals surface area (Å²) in [7, 11) is 1.34. The highest BCUT2D eigenvalue weighted by Gasteiger charge is 2.46. The summed E-state index contributed by atoms with van der Waals surface area (Å²) in [5.74, 6) is -0.874. The van der Waals surface area contributed by atoms with Crippen LogP contribution in [0.25, 0.3) is 0 Å². The van der Waals surface area contributed by atoms with Crippen molar-refractivity contribution in [2.45, 2.75) is 44.8 Å². The maximum absolute atomic E-state index is 11.4. The fraction of sp³-hybridized carbons (Fsp3) is 0.909. The topological polar surface area (TPSA) is 55.8 Å². The van der Waals surface area contributed by atoms with Crippen molar-refractivity contribution < 1.29 is 19.4 Å². The van der Waals surface area contributed by atoms with E-state index in [1.807, 2.05) is 13.8 Å². The highest BCUT2D eigenvalue weighted by molar-refractivity contribution is 5.73. The number of hydrogen-bond acceptors (Lipinski definition) is 4. The second kappa shape index (κ2) is 4.10. The van der Waals surface area contributed by atoms with Crippen LogP contribution in [0, 0.1) is 5.92 Å². The van der Waals surface area contributed by atoms with Gasteiger partial charge >= 0.3 is 5.97 Å². The summed E-state index contributed by atoms with van der Waals surface area (Å²) < 4.78 is 10.2. The van der Waals surface area contributed by atoms with Gasteiger partial charge in [0, 0.05) is 12.8 Å². The first kappa shape index (κ1) is 12.5. The first-order chi connectivity index (χ1) is 6.81. The Morgan fingerprint density at radius 1 is 1.53 bits per heavy atom. The Kier molecular flexibility index (Phi) is 3.41. The van der Waals surface area contributed by atoms with Gasteiger partial charge in [-0.25, -0.2) is 0 Å². The van der Waals surface area contributed by atoms with Crippen LogP contribution in [0.15, 0.2) is 0 Å². The van der Waals surface area contributed by atoms with E-state index in [2.05, 4.69) is 4.74 Å². The molecule has 4 heteroatoms. The molecule has 1 saturated heterocycles. The zero-order valence-corrected chi connectivity index (χ0v) is 9.87. The van der Waals surface area contributed by atoms with Crippen molar-refractivity contribution in [1.82, 2.24) is 0 Å². The summed E-state index contributed by atoms with van der Waals surface area (Å²) in [6, 6.07) is 0. The van der Waals surface area contributed by atoms with E-state index < -0.39 is 11.5 Å². The molecule has 1 rings (SSSR count). The van der Waals surface area contributed by atoms with Crippen LogP contribution < -0.4 is 0 Å². The van der Waals surface area contributed by atoms with Gasteiger partial charge in [-0.3, -0.25) is 4.79 Å². The Balaban J connectivity index is 2.77. The summed E-state index contributed by atoms with van der Waals surface area (Å²) in [6.45, 7) is 6.01. The average Bonchev–Trinajstić information content (AvgIpc) is 2.13. The molecule has 0 aliphatic carbocycles. The molecule has 15 heavy (non-hydrogen) atoms. The Bertz CT molecular complexity index is 249. The molecule has 0 radical (unpaired) electrons. The standard InChI is InChI=1S/C11H20O4/c1-8(9(12)14-4)11(13)5-6-15-10(2,3)7-11/h8,13H,5-7H2,1-4H3. The van der Waals surface area contributed by atoms with Crippen LogP contribution >= 0.6 is 0 Å². The van der Waals surface area contributed by atoms with Crippen molar-refractivity contribution in [3.05, 3.63) is 0 Å². The molecule has 1 aliphatic heterocycles. The van der Waals surface area contributed by atoms with Crippen molar-refractivity contribution in [3.8, 4) is 0 Å². The fourth-order valence-electron chi connectivity index (χ4n) is 2.15. The molecule has 0 aromatic carbocycles. The number of carbonyl (C=O) groups is 1. The van der Waals surface area contributed by atoms with Crippen LogP contribution in [0.1, 0.15) is 33.6 Å². The quantitative estimate of drug-likeness (QED) is 0.703. The van der Waals surface area contributed by atoms with Crippen LogP contribution in [0.3, 0.4) is 0 Å².